The lowest BCUT2D eigenvalue weighted by molar-refractivity contribution is 0.377. The molecule has 0 bridgehead atoms. The van der Waals surface area contributed by atoms with Gasteiger partial charge in [0, 0.05) is 17.7 Å². The number of hydrogen-bond acceptors (Lipinski definition) is 3. The number of hydrogen-bond donors (Lipinski definition) is 1. The topological polar surface area (TPSA) is 44.5 Å². The molecule has 16 heavy (non-hydrogen) atoms. The van der Waals surface area contributed by atoms with Gasteiger partial charge in [-0.2, -0.15) is 0 Å². The third-order valence-corrected chi connectivity index (χ3v) is 3.06. The lowest BCUT2D eigenvalue weighted by Gasteiger charge is -2.21. The first-order chi connectivity index (χ1) is 7.63. The average molecular weight is 223 g/mol. The van der Waals surface area contributed by atoms with Gasteiger partial charge in [0.25, 0.3) is 0 Å². The molecule has 0 aliphatic rings. The summed E-state index contributed by atoms with van der Waals surface area (Å²) in [6, 6.07) is 5.78. The zero-order valence-electron chi connectivity index (χ0n) is 10.5. The smallest absolute Gasteiger partial charge is 0.127 e. The Morgan fingerprint density at radius 2 is 1.94 bits per heavy atom. The van der Waals surface area contributed by atoms with E-state index >= 15 is 0 Å². The van der Waals surface area contributed by atoms with Crippen LogP contribution < -0.4 is 15.2 Å². The molecule has 2 unspecified atom stereocenters. The van der Waals surface area contributed by atoms with Gasteiger partial charge in [0.05, 0.1) is 14.2 Å². The van der Waals surface area contributed by atoms with Gasteiger partial charge in [-0.15, -0.1) is 0 Å². The maximum atomic E-state index is 6.20. The molecule has 0 saturated carbocycles. The molecule has 1 aromatic rings. The number of rotatable bonds is 5. The third-order valence-electron chi connectivity index (χ3n) is 3.06. The van der Waals surface area contributed by atoms with Crippen LogP contribution in [0.15, 0.2) is 18.2 Å². The van der Waals surface area contributed by atoms with Gasteiger partial charge in [0.15, 0.2) is 0 Å². The van der Waals surface area contributed by atoms with Crippen LogP contribution in [0.1, 0.15) is 31.9 Å². The Bertz CT molecular complexity index is 339. The zero-order chi connectivity index (χ0) is 12.1. The van der Waals surface area contributed by atoms with Crippen molar-refractivity contribution in [3.05, 3.63) is 23.8 Å². The molecule has 3 nitrogen and oxygen atoms in total. The fraction of sp³-hybridized carbons (Fsp3) is 0.538. The predicted octanol–water partition coefficient (Wildman–Crippen LogP) is 2.75. The second kappa shape index (κ2) is 5.75. The summed E-state index contributed by atoms with van der Waals surface area (Å²) in [5.41, 5.74) is 7.24. The van der Waals surface area contributed by atoms with Gasteiger partial charge in [-0.25, -0.2) is 0 Å². The van der Waals surface area contributed by atoms with Crippen molar-refractivity contribution in [2.24, 2.45) is 11.7 Å². The van der Waals surface area contributed by atoms with Crippen LogP contribution in [-0.4, -0.2) is 14.2 Å². The lowest BCUT2D eigenvalue weighted by atomic mass is 9.92. The van der Waals surface area contributed by atoms with Crippen LogP contribution in [0.25, 0.3) is 0 Å². The summed E-state index contributed by atoms with van der Waals surface area (Å²) >= 11 is 0. The fourth-order valence-corrected chi connectivity index (χ4v) is 1.65. The van der Waals surface area contributed by atoms with Crippen LogP contribution in [0.2, 0.25) is 0 Å². The van der Waals surface area contributed by atoms with Crippen LogP contribution in [0, 0.1) is 5.92 Å². The van der Waals surface area contributed by atoms with Crippen molar-refractivity contribution in [2.75, 3.05) is 14.2 Å². The van der Waals surface area contributed by atoms with E-state index in [1.807, 2.05) is 18.2 Å². The maximum Gasteiger partial charge on any atom is 0.127 e. The van der Waals surface area contributed by atoms with Crippen molar-refractivity contribution in [3.63, 3.8) is 0 Å². The van der Waals surface area contributed by atoms with E-state index in [2.05, 4.69) is 13.8 Å². The van der Waals surface area contributed by atoms with Crippen LogP contribution in [-0.2, 0) is 0 Å². The van der Waals surface area contributed by atoms with Gasteiger partial charge in [0.2, 0.25) is 0 Å². The van der Waals surface area contributed by atoms with E-state index in [1.165, 1.54) is 0 Å². The molecule has 0 amide bonds. The number of methoxy groups -OCH3 is 2. The maximum absolute atomic E-state index is 6.20. The fourth-order valence-electron chi connectivity index (χ4n) is 1.65. The van der Waals surface area contributed by atoms with E-state index in [9.17, 15) is 0 Å². The first-order valence-corrected chi connectivity index (χ1v) is 5.61. The van der Waals surface area contributed by atoms with Crippen LogP contribution >= 0.6 is 0 Å². The molecular formula is C13H21NO2. The highest BCUT2D eigenvalue weighted by molar-refractivity contribution is 5.42. The number of ether oxygens (including phenoxy) is 2. The van der Waals surface area contributed by atoms with Crippen molar-refractivity contribution in [1.82, 2.24) is 0 Å². The molecule has 3 heteroatoms. The number of nitrogens with two attached hydrogens (primary N) is 1. The Labute approximate surface area is 97.6 Å². The van der Waals surface area contributed by atoms with Crippen molar-refractivity contribution in [3.8, 4) is 11.5 Å². The summed E-state index contributed by atoms with van der Waals surface area (Å²) in [5.74, 6) is 2.02. The summed E-state index contributed by atoms with van der Waals surface area (Å²) < 4.78 is 10.5. The highest BCUT2D eigenvalue weighted by atomic mass is 16.5. The monoisotopic (exact) mass is 223 g/mol. The predicted molar refractivity (Wildman–Crippen MR) is 65.9 cm³/mol. The van der Waals surface area contributed by atoms with E-state index in [1.54, 1.807) is 14.2 Å². The molecule has 0 fully saturated rings. The van der Waals surface area contributed by atoms with Crippen molar-refractivity contribution < 1.29 is 9.47 Å². The Balaban J connectivity index is 3.03. The summed E-state index contributed by atoms with van der Waals surface area (Å²) in [4.78, 5) is 0. The molecule has 0 aliphatic carbocycles. The molecule has 0 aromatic heterocycles. The molecule has 90 valence electrons. The van der Waals surface area contributed by atoms with Gasteiger partial charge >= 0.3 is 0 Å². The third kappa shape index (κ3) is 2.67. The minimum atomic E-state index is 0.00542. The van der Waals surface area contributed by atoms with Gasteiger partial charge < -0.3 is 15.2 Å². The minimum absolute atomic E-state index is 0.00542. The first-order valence-electron chi connectivity index (χ1n) is 5.61. The lowest BCUT2D eigenvalue weighted by Crippen LogP contribution is -2.19. The first kappa shape index (κ1) is 12.8. The number of benzene rings is 1. The molecule has 0 heterocycles. The van der Waals surface area contributed by atoms with Crippen molar-refractivity contribution >= 4 is 0 Å². The van der Waals surface area contributed by atoms with Crippen molar-refractivity contribution in [2.45, 2.75) is 26.3 Å². The summed E-state index contributed by atoms with van der Waals surface area (Å²) in [6.07, 6.45) is 1.05. The highest BCUT2D eigenvalue weighted by Gasteiger charge is 2.17. The minimum Gasteiger partial charge on any atom is -0.497 e. The normalized spacial score (nSPS) is 14.3. The van der Waals surface area contributed by atoms with E-state index in [0.29, 0.717) is 5.92 Å². The molecule has 2 N–H and O–H groups in total. The Hall–Kier alpha value is -1.22. The second-order valence-corrected chi connectivity index (χ2v) is 4.02. The zero-order valence-corrected chi connectivity index (χ0v) is 10.5. The van der Waals surface area contributed by atoms with E-state index in [0.717, 1.165) is 23.5 Å². The summed E-state index contributed by atoms with van der Waals surface area (Å²) in [7, 11) is 3.30. The van der Waals surface area contributed by atoms with Gasteiger partial charge in [-0.3, -0.25) is 0 Å². The summed E-state index contributed by atoms with van der Waals surface area (Å²) in [5, 5.41) is 0. The quantitative estimate of drug-likeness (QED) is 0.834. The molecule has 1 rings (SSSR count). The Kier molecular flexibility index (Phi) is 4.62. The molecule has 0 aliphatic heterocycles. The molecule has 0 spiro atoms. The second-order valence-electron chi connectivity index (χ2n) is 4.02. The highest BCUT2D eigenvalue weighted by Crippen LogP contribution is 2.32. The van der Waals surface area contributed by atoms with E-state index in [-0.39, 0.29) is 6.04 Å². The molecule has 0 saturated heterocycles. The SMILES string of the molecule is CCC(C)C(N)c1ccc(OC)cc1OC. The van der Waals surface area contributed by atoms with Gasteiger partial charge in [-0.1, -0.05) is 26.3 Å². The van der Waals surface area contributed by atoms with E-state index < -0.39 is 0 Å². The summed E-state index contributed by atoms with van der Waals surface area (Å²) in [6.45, 7) is 4.29. The van der Waals surface area contributed by atoms with Crippen LogP contribution in [0.4, 0.5) is 0 Å². The largest absolute Gasteiger partial charge is 0.497 e. The molecule has 0 radical (unpaired) electrons. The molecule has 1 aromatic carbocycles. The molecule has 2 atom stereocenters. The van der Waals surface area contributed by atoms with Gasteiger partial charge in [0.1, 0.15) is 11.5 Å². The van der Waals surface area contributed by atoms with Crippen LogP contribution in [0.5, 0.6) is 11.5 Å². The van der Waals surface area contributed by atoms with Gasteiger partial charge in [-0.05, 0) is 12.0 Å². The average Bonchev–Trinajstić information content (AvgIpc) is 2.35. The Morgan fingerprint density at radius 1 is 1.25 bits per heavy atom. The van der Waals surface area contributed by atoms with E-state index in [4.69, 9.17) is 15.2 Å². The van der Waals surface area contributed by atoms with Crippen molar-refractivity contribution in [1.29, 1.82) is 0 Å². The standard InChI is InChI=1S/C13H21NO2/c1-5-9(2)13(14)11-7-6-10(15-3)8-12(11)16-4/h6-9,13H,5,14H2,1-4H3. The molecular weight excluding hydrogens is 202 g/mol. The Morgan fingerprint density at radius 3 is 2.44 bits per heavy atom. The van der Waals surface area contributed by atoms with Crippen LogP contribution in [0.3, 0.4) is 0 Å².